The Morgan fingerprint density at radius 3 is 2.54 bits per heavy atom. The zero-order valence-electron chi connectivity index (χ0n) is 6.84. The molecule has 0 aromatic heterocycles. The molecule has 0 N–H and O–H groups in total. The summed E-state index contributed by atoms with van der Waals surface area (Å²) >= 11 is 0. The standard InChI is InChI=1S/C9H7N3O/c1-2-9(13)7-3-5-8(6-4-7)11-12-10/h2-6H,1H2. The minimum absolute atomic E-state index is 0.146. The number of hydrogen-bond donors (Lipinski definition) is 0. The number of allylic oxidation sites excluding steroid dienone is 1. The lowest BCUT2D eigenvalue weighted by Gasteiger charge is -1.94. The van der Waals surface area contributed by atoms with E-state index >= 15 is 0 Å². The number of hydrogen-bond acceptors (Lipinski definition) is 2. The van der Waals surface area contributed by atoms with Crippen LogP contribution in [0.5, 0.6) is 0 Å². The minimum Gasteiger partial charge on any atom is -0.289 e. The summed E-state index contributed by atoms with van der Waals surface area (Å²) in [5, 5.41) is 3.38. The normalized spacial score (nSPS) is 8.62. The first-order valence-electron chi connectivity index (χ1n) is 3.60. The van der Waals surface area contributed by atoms with Crippen LogP contribution in [-0.2, 0) is 0 Å². The van der Waals surface area contributed by atoms with E-state index in [2.05, 4.69) is 16.6 Å². The number of nitrogens with zero attached hydrogens (tertiary/aromatic N) is 3. The lowest BCUT2D eigenvalue weighted by Crippen LogP contribution is -1.91. The molecule has 4 heteroatoms. The fourth-order valence-electron chi connectivity index (χ4n) is 0.862. The summed E-state index contributed by atoms with van der Waals surface area (Å²) in [6.07, 6.45) is 1.24. The molecule has 0 fully saturated rings. The van der Waals surface area contributed by atoms with Gasteiger partial charge in [0, 0.05) is 16.2 Å². The van der Waals surface area contributed by atoms with Crippen molar-refractivity contribution in [2.45, 2.75) is 0 Å². The molecule has 13 heavy (non-hydrogen) atoms. The third kappa shape index (κ3) is 2.18. The Bertz CT molecular complexity index is 374. The van der Waals surface area contributed by atoms with Gasteiger partial charge in [-0.3, -0.25) is 4.79 Å². The fraction of sp³-hybridized carbons (Fsp3) is 0. The van der Waals surface area contributed by atoms with E-state index in [1.165, 1.54) is 6.08 Å². The number of benzene rings is 1. The van der Waals surface area contributed by atoms with Crippen LogP contribution in [0.4, 0.5) is 5.69 Å². The molecular weight excluding hydrogens is 166 g/mol. The molecule has 0 unspecified atom stereocenters. The van der Waals surface area contributed by atoms with Gasteiger partial charge < -0.3 is 0 Å². The summed E-state index contributed by atoms with van der Waals surface area (Å²) in [5.41, 5.74) is 9.14. The maximum Gasteiger partial charge on any atom is 0.185 e. The van der Waals surface area contributed by atoms with Crippen molar-refractivity contribution in [3.63, 3.8) is 0 Å². The lowest BCUT2D eigenvalue weighted by atomic mass is 10.1. The summed E-state index contributed by atoms with van der Waals surface area (Å²) < 4.78 is 0. The van der Waals surface area contributed by atoms with E-state index in [1.807, 2.05) is 0 Å². The predicted molar refractivity (Wildman–Crippen MR) is 49.8 cm³/mol. The van der Waals surface area contributed by atoms with Crippen LogP contribution in [-0.4, -0.2) is 5.78 Å². The van der Waals surface area contributed by atoms with Crippen LogP contribution in [0.15, 0.2) is 42.0 Å². The second-order valence-electron chi connectivity index (χ2n) is 2.30. The van der Waals surface area contributed by atoms with Gasteiger partial charge in [-0.15, -0.1) is 0 Å². The van der Waals surface area contributed by atoms with Gasteiger partial charge >= 0.3 is 0 Å². The molecule has 0 aliphatic rings. The lowest BCUT2D eigenvalue weighted by molar-refractivity contribution is 0.104. The molecule has 0 heterocycles. The van der Waals surface area contributed by atoms with E-state index < -0.39 is 0 Å². The second kappa shape index (κ2) is 4.09. The molecule has 64 valence electrons. The van der Waals surface area contributed by atoms with Gasteiger partial charge in [-0.05, 0) is 11.6 Å². The zero-order chi connectivity index (χ0) is 9.68. The van der Waals surface area contributed by atoms with Crippen molar-refractivity contribution < 1.29 is 4.79 Å². The van der Waals surface area contributed by atoms with E-state index in [1.54, 1.807) is 24.3 Å². The molecule has 0 spiro atoms. The van der Waals surface area contributed by atoms with Gasteiger partial charge in [0.2, 0.25) is 0 Å². The Morgan fingerprint density at radius 1 is 1.46 bits per heavy atom. The van der Waals surface area contributed by atoms with E-state index in [0.29, 0.717) is 11.3 Å². The van der Waals surface area contributed by atoms with Crippen LogP contribution in [0.3, 0.4) is 0 Å². The van der Waals surface area contributed by atoms with Crippen molar-refractivity contribution in [2.24, 2.45) is 5.11 Å². The van der Waals surface area contributed by atoms with E-state index in [-0.39, 0.29) is 5.78 Å². The highest BCUT2D eigenvalue weighted by Gasteiger charge is 1.98. The van der Waals surface area contributed by atoms with Crippen molar-refractivity contribution in [3.8, 4) is 0 Å². The number of carbonyl (C=O) groups is 1. The predicted octanol–water partition coefficient (Wildman–Crippen LogP) is 3.00. The summed E-state index contributed by atoms with van der Waals surface area (Å²) in [4.78, 5) is 13.7. The van der Waals surface area contributed by atoms with Crippen LogP contribution >= 0.6 is 0 Å². The quantitative estimate of drug-likeness (QED) is 0.228. The molecule has 1 rings (SSSR count). The molecule has 0 radical (unpaired) electrons. The summed E-state index contributed by atoms with van der Waals surface area (Å²) in [7, 11) is 0. The molecule has 1 aromatic rings. The van der Waals surface area contributed by atoms with Crippen molar-refractivity contribution in [1.82, 2.24) is 0 Å². The van der Waals surface area contributed by atoms with Crippen molar-refractivity contribution >= 4 is 11.5 Å². The van der Waals surface area contributed by atoms with Gasteiger partial charge in [0.15, 0.2) is 5.78 Å². The van der Waals surface area contributed by atoms with Gasteiger partial charge in [0.05, 0.1) is 0 Å². The Kier molecular flexibility index (Phi) is 2.84. The molecule has 0 atom stereocenters. The molecular formula is C9H7N3O. The maximum atomic E-state index is 11.1. The van der Waals surface area contributed by atoms with Gasteiger partial charge in [0.25, 0.3) is 0 Å². The van der Waals surface area contributed by atoms with Gasteiger partial charge in [-0.25, -0.2) is 0 Å². The average Bonchev–Trinajstić information content (AvgIpc) is 2.18. The first kappa shape index (κ1) is 9.03. The van der Waals surface area contributed by atoms with Crippen LogP contribution in [0.25, 0.3) is 10.4 Å². The second-order valence-corrected chi connectivity index (χ2v) is 2.30. The Hall–Kier alpha value is -2.06. The maximum absolute atomic E-state index is 11.1. The summed E-state index contributed by atoms with van der Waals surface area (Å²) in [5.74, 6) is -0.146. The SMILES string of the molecule is C=CC(=O)c1ccc(N=[N+]=[N-])cc1. The largest absolute Gasteiger partial charge is 0.289 e. The first-order valence-corrected chi connectivity index (χ1v) is 3.60. The highest BCUT2D eigenvalue weighted by molar-refractivity contribution is 6.04. The molecule has 0 aliphatic carbocycles. The monoisotopic (exact) mass is 173 g/mol. The Labute approximate surface area is 75.1 Å². The summed E-state index contributed by atoms with van der Waals surface area (Å²) in [6.45, 7) is 3.36. The number of carbonyl (C=O) groups excluding carboxylic acids is 1. The third-order valence-electron chi connectivity index (χ3n) is 1.50. The van der Waals surface area contributed by atoms with E-state index in [0.717, 1.165) is 0 Å². The highest BCUT2D eigenvalue weighted by atomic mass is 16.1. The highest BCUT2D eigenvalue weighted by Crippen LogP contribution is 2.13. The smallest absolute Gasteiger partial charge is 0.185 e. The van der Waals surface area contributed by atoms with Crippen molar-refractivity contribution in [2.75, 3.05) is 0 Å². The number of rotatable bonds is 3. The van der Waals surface area contributed by atoms with Crippen LogP contribution in [0, 0.1) is 0 Å². The molecule has 0 saturated heterocycles. The Morgan fingerprint density at radius 2 is 2.08 bits per heavy atom. The van der Waals surface area contributed by atoms with E-state index in [4.69, 9.17) is 5.53 Å². The average molecular weight is 173 g/mol. The summed E-state index contributed by atoms with van der Waals surface area (Å²) in [6, 6.07) is 6.34. The fourth-order valence-corrected chi connectivity index (χ4v) is 0.862. The van der Waals surface area contributed by atoms with E-state index in [9.17, 15) is 4.79 Å². The first-order chi connectivity index (χ1) is 6.27. The van der Waals surface area contributed by atoms with Crippen molar-refractivity contribution in [1.29, 1.82) is 0 Å². The molecule has 0 aliphatic heterocycles. The number of azide groups is 1. The van der Waals surface area contributed by atoms with Gasteiger partial charge in [-0.2, -0.15) is 0 Å². The third-order valence-corrected chi connectivity index (χ3v) is 1.50. The van der Waals surface area contributed by atoms with Gasteiger partial charge in [-0.1, -0.05) is 36.0 Å². The minimum atomic E-state index is -0.146. The molecule has 0 bridgehead atoms. The van der Waals surface area contributed by atoms with Crippen LogP contribution in [0.1, 0.15) is 10.4 Å². The topological polar surface area (TPSA) is 65.8 Å². The number of ketones is 1. The molecule has 1 aromatic carbocycles. The van der Waals surface area contributed by atoms with Crippen LogP contribution < -0.4 is 0 Å². The molecule has 0 saturated carbocycles. The Balaban J connectivity index is 2.99. The van der Waals surface area contributed by atoms with Gasteiger partial charge in [0.1, 0.15) is 0 Å². The van der Waals surface area contributed by atoms with Crippen molar-refractivity contribution in [3.05, 3.63) is 52.9 Å². The molecule has 4 nitrogen and oxygen atoms in total. The zero-order valence-corrected chi connectivity index (χ0v) is 6.84. The van der Waals surface area contributed by atoms with Crippen LogP contribution in [0.2, 0.25) is 0 Å². The molecule has 0 amide bonds.